The Morgan fingerprint density at radius 3 is 1.86 bits per heavy atom. The third-order valence-corrected chi connectivity index (χ3v) is 1.88. The molecule has 2 heteroatoms. The Labute approximate surface area is 49.4 Å². The second-order valence-corrected chi connectivity index (χ2v) is 2.62. The predicted molar refractivity (Wildman–Crippen MR) is 36.3 cm³/mol. The first-order valence-corrected chi connectivity index (χ1v) is 3.46. The molecule has 0 aromatic carbocycles. The Bertz CT molecular complexity index is 82.1. The lowest BCUT2D eigenvalue weighted by atomic mass is 10.8. The van der Waals surface area contributed by atoms with Gasteiger partial charge in [-0.25, -0.2) is 4.58 Å². The lowest BCUT2D eigenvalue weighted by Crippen LogP contribution is -2.03. The summed E-state index contributed by atoms with van der Waals surface area (Å²) in [5.74, 6) is 0. The molecule has 0 radical (unpaired) electrons. The van der Waals surface area contributed by atoms with E-state index in [0.29, 0.717) is 0 Å². The van der Waals surface area contributed by atoms with E-state index in [9.17, 15) is 0 Å². The first kappa shape index (κ1) is 7.02. The van der Waals surface area contributed by atoms with Gasteiger partial charge in [-0.3, -0.25) is 0 Å². The van der Waals surface area contributed by atoms with Crippen LogP contribution in [0.1, 0.15) is 6.92 Å². The fourth-order valence-electron chi connectivity index (χ4n) is 0.183. The standard InChI is InChI=1S/C5H12NS/c1-5(7-4)6(2)3/h1-4H3/q+1. The summed E-state index contributed by atoms with van der Waals surface area (Å²) < 4.78 is 2.10. The van der Waals surface area contributed by atoms with E-state index in [1.54, 1.807) is 11.8 Å². The maximum absolute atomic E-state index is 2.10. The van der Waals surface area contributed by atoms with Crippen molar-refractivity contribution in [2.24, 2.45) is 0 Å². The Hall–Kier alpha value is 0.0200. The summed E-state index contributed by atoms with van der Waals surface area (Å²) in [5.41, 5.74) is 0. The summed E-state index contributed by atoms with van der Waals surface area (Å²) >= 11 is 1.78. The van der Waals surface area contributed by atoms with Crippen LogP contribution in [0.15, 0.2) is 0 Å². The van der Waals surface area contributed by atoms with Crippen molar-refractivity contribution < 1.29 is 4.58 Å². The highest BCUT2D eigenvalue weighted by molar-refractivity contribution is 8.13. The van der Waals surface area contributed by atoms with Gasteiger partial charge < -0.3 is 0 Å². The van der Waals surface area contributed by atoms with Crippen LogP contribution in [-0.4, -0.2) is 30.0 Å². The van der Waals surface area contributed by atoms with E-state index >= 15 is 0 Å². The molecule has 0 fully saturated rings. The SMILES string of the molecule is CSC(C)=[N+](C)C. The summed E-state index contributed by atoms with van der Waals surface area (Å²) in [4.78, 5) is 0. The molecule has 0 rings (SSSR count). The average molecular weight is 118 g/mol. The number of hydrogen-bond donors (Lipinski definition) is 0. The van der Waals surface area contributed by atoms with Gasteiger partial charge in [0.2, 0.25) is 5.04 Å². The van der Waals surface area contributed by atoms with E-state index in [1.165, 1.54) is 5.04 Å². The summed E-state index contributed by atoms with van der Waals surface area (Å²) in [6.45, 7) is 2.10. The van der Waals surface area contributed by atoms with Crippen LogP contribution in [0, 0.1) is 0 Å². The Morgan fingerprint density at radius 2 is 1.86 bits per heavy atom. The maximum Gasteiger partial charge on any atom is 0.206 e. The fourth-order valence-corrected chi connectivity index (χ4v) is 0.548. The number of rotatable bonds is 0. The molecule has 0 amide bonds. The third kappa shape index (κ3) is 2.68. The van der Waals surface area contributed by atoms with Gasteiger partial charge in [0.15, 0.2) is 0 Å². The van der Waals surface area contributed by atoms with Gasteiger partial charge >= 0.3 is 0 Å². The van der Waals surface area contributed by atoms with E-state index in [1.807, 2.05) is 14.1 Å². The van der Waals surface area contributed by atoms with Crippen LogP contribution < -0.4 is 0 Å². The lowest BCUT2D eigenvalue weighted by molar-refractivity contribution is -0.461. The van der Waals surface area contributed by atoms with Crippen molar-refractivity contribution in [1.29, 1.82) is 0 Å². The zero-order valence-corrected chi connectivity index (χ0v) is 6.17. The molecule has 0 aliphatic rings. The van der Waals surface area contributed by atoms with Crippen LogP contribution >= 0.6 is 11.8 Å². The first-order chi connectivity index (χ1) is 3.18. The highest BCUT2D eigenvalue weighted by Gasteiger charge is 1.92. The van der Waals surface area contributed by atoms with Crippen molar-refractivity contribution in [3.05, 3.63) is 0 Å². The summed E-state index contributed by atoms with van der Waals surface area (Å²) in [7, 11) is 4.09. The van der Waals surface area contributed by atoms with Gasteiger partial charge in [0.05, 0.1) is 0 Å². The molecular weight excluding hydrogens is 106 g/mol. The quantitative estimate of drug-likeness (QED) is 0.261. The molecule has 0 bridgehead atoms. The van der Waals surface area contributed by atoms with Crippen molar-refractivity contribution in [3.8, 4) is 0 Å². The molecule has 0 aromatic heterocycles. The second kappa shape index (κ2) is 3.08. The Morgan fingerprint density at radius 1 is 1.43 bits per heavy atom. The molecule has 0 N–H and O–H groups in total. The number of nitrogens with zero attached hydrogens (tertiary/aromatic N) is 1. The number of hydrogen-bond acceptors (Lipinski definition) is 1. The van der Waals surface area contributed by atoms with E-state index < -0.39 is 0 Å². The fraction of sp³-hybridized carbons (Fsp3) is 0.800. The van der Waals surface area contributed by atoms with Gasteiger partial charge in [0.1, 0.15) is 14.1 Å². The normalized spacial score (nSPS) is 8.57. The van der Waals surface area contributed by atoms with Crippen molar-refractivity contribution >= 4 is 16.8 Å². The third-order valence-electron chi connectivity index (χ3n) is 0.925. The highest BCUT2D eigenvalue weighted by Crippen LogP contribution is 1.92. The van der Waals surface area contributed by atoms with Crippen LogP contribution in [0.5, 0.6) is 0 Å². The van der Waals surface area contributed by atoms with Crippen LogP contribution in [0.2, 0.25) is 0 Å². The molecule has 0 saturated carbocycles. The molecule has 7 heavy (non-hydrogen) atoms. The van der Waals surface area contributed by atoms with Gasteiger partial charge in [-0.2, -0.15) is 0 Å². The van der Waals surface area contributed by atoms with Crippen molar-refractivity contribution in [2.45, 2.75) is 6.92 Å². The van der Waals surface area contributed by atoms with Crippen molar-refractivity contribution in [2.75, 3.05) is 20.4 Å². The summed E-state index contributed by atoms with van der Waals surface area (Å²) in [6.07, 6.45) is 2.08. The van der Waals surface area contributed by atoms with E-state index in [4.69, 9.17) is 0 Å². The van der Waals surface area contributed by atoms with Crippen LogP contribution in [0.4, 0.5) is 0 Å². The van der Waals surface area contributed by atoms with Gasteiger partial charge in [-0.1, -0.05) is 11.8 Å². The lowest BCUT2D eigenvalue weighted by Gasteiger charge is -1.88. The Kier molecular flexibility index (Phi) is 3.09. The smallest absolute Gasteiger partial charge is 0.206 e. The molecule has 0 spiro atoms. The van der Waals surface area contributed by atoms with Gasteiger partial charge in [-0.05, 0) is 6.26 Å². The molecule has 0 aliphatic heterocycles. The largest absolute Gasteiger partial charge is 0.234 e. The van der Waals surface area contributed by atoms with Gasteiger partial charge in [0, 0.05) is 6.92 Å². The average Bonchev–Trinajstić information content (AvgIpc) is 1.65. The minimum absolute atomic E-state index is 1.35. The molecule has 0 saturated heterocycles. The zero-order valence-electron chi connectivity index (χ0n) is 5.36. The van der Waals surface area contributed by atoms with Crippen LogP contribution in [0.25, 0.3) is 0 Å². The topological polar surface area (TPSA) is 3.01 Å². The van der Waals surface area contributed by atoms with E-state index in [2.05, 4.69) is 17.8 Å². The van der Waals surface area contributed by atoms with E-state index in [0.717, 1.165) is 0 Å². The predicted octanol–water partition coefficient (Wildman–Crippen LogP) is 1.04. The second-order valence-electron chi connectivity index (χ2n) is 1.62. The van der Waals surface area contributed by atoms with E-state index in [-0.39, 0.29) is 0 Å². The molecule has 0 aliphatic carbocycles. The minimum atomic E-state index is 1.35. The van der Waals surface area contributed by atoms with Crippen molar-refractivity contribution in [1.82, 2.24) is 0 Å². The monoisotopic (exact) mass is 118 g/mol. The molecule has 0 aromatic rings. The van der Waals surface area contributed by atoms with Gasteiger partial charge in [0.25, 0.3) is 0 Å². The van der Waals surface area contributed by atoms with Crippen molar-refractivity contribution in [3.63, 3.8) is 0 Å². The summed E-state index contributed by atoms with van der Waals surface area (Å²) in [6, 6.07) is 0. The molecule has 1 nitrogen and oxygen atoms in total. The molecule has 42 valence electrons. The Balaban J connectivity index is 3.72. The maximum atomic E-state index is 2.10. The molecule has 0 unspecified atom stereocenters. The highest BCUT2D eigenvalue weighted by atomic mass is 32.2. The minimum Gasteiger partial charge on any atom is -0.234 e. The van der Waals surface area contributed by atoms with Crippen LogP contribution in [-0.2, 0) is 0 Å². The van der Waals surface area contributed by atoms with Crippen LogP contribution in [0.3, 0.4) is 0 Å². The summed E-state index contributed by atoms with van der Waals surface area (Å²) in [5, 5.41) is 1.35. The number of thioether (sulfide) groups is 1. The first-order valence-electron chi connectivity index (χ1n) is 2.23. The molecular formula is C5H12NS+. The van der Waals surface area contributed by atoms with Gasteiger partial charge in [-0.15, -0.1) is 0 Å². The molecule has 0 atom stereocenters. The molecule has 0 heterocycles. The zero-order chi connectivity index (χ0) is 5.86.